The second-order valence-electron chi connectivity index (χ2n) is 4.20. The SMILES string of the molecule is CN1CCN(Cc2nc(Cl)c3ccsc3n2)C1=O. The van der Waals surface area contributed by atoms with Crippen molar-refractivity contribution in [2.24, 2.45) is 0 Å². The van der Waals surface area contributed by atoms with Crippen molar-refractivity contribution in [3.8, 4) is 0 Å². The summed E-state index contributed by atoms with van der Waals surface area (Å²) in [4.78, 5) is 24.7. The Morgan fingerprint density at radius 1 is 1.44 bits per heavy atom. The van der Waals surface area contributed by atoms with Gasteiger partial charge in [0.1, 0.15) is 9.98 Å². The molecule has 3 rings (SSSR count). The summed E-state index contributed by atoms with van der Waals surface area (Å²) in [6, 6.07) is 1.92. The van der Waals surface area contributed by atoms with Gasteiger partial charge in [0, 0.05) is 25.5 Å². The van der Waals surface area contributed by atoms with E-state index in [-0.39, 0.29) is 6.03 Å². The summed E-state index contributed by atoms with van der Waals surface area (Å²) < 4.78 is 0. The molecule has 0 saturated carbocycles. The first-order valence-electron chi connectivity index (χ1n) is 5.55. The van der Waals surface area contributed by atoms with E-state index in [0.717, 1.165) is 16.8 Å². The highest BCUT2D eigenvalue weighted by molar-refractivity contribution is 7.16. The molecule has 5 nitrogen and oxygen atoms in total. The molecule has 0 N–H and O–H groups in total. The van der Waals surface area contributed by atoms with E-state index in [9.17, 15) is 4.79 Å². The van der Waals surface area contributed by atoms with Crippen LogP contribution in [0.5, 0.6) is 0 Å². The molecule has 0 unspecified atom stereocenters. The summed E-state index contributed by atoms with van der Waals surface area (Å²) in [5.41, 5.74) is 0. The van der Waals surface area contributed by atoms with E-state index in [1.165, 1.54) is 11.3 Å². The fourth-order valence-corrected chi connectivity index (χ4v) is 3.04. The second kappa shape index (κ2) is 4.37. The zero-order chi connectivity index (χ0) is 12.7. The Balaban J connectivity index is 1.89. The molecule has 0 spiro atoms. The van der Waals surface area contributed by atoms with E-state index < -0.39 is 0 Å². The lowest BCUT2D eigenvalue weighted by atomic mass is 10.4. The zero-order valence-electron chi connectivity index (χ0n) is 9.76. The maximum absolute atomic E-state index is 11.8. The molecule has 0 aliphatic carbocycles. The van der Waals surface area contributed by atoms with Crippen LogP contribution in [-0.2, 0) is 6.54 Å². The molecule has 1 aliphatic heterocycles. The second-order valence-corrected chi connectivity index (χ2v) is 5.45. The van der Waals surface area contributed by atoms with Crippen LogP contribution in [0.2, 0.25) is 5.15 Å². The molecule has 18 heavy (non-hydrogen) atoms. The number of amides is 2. The van der Waals surface area contributed by atoms with Crippen molar-refractivity contribution >= 4 is 39.2 Å². The number of carbonyl (C=O) groups excluding carboxylic acids is 1. The number of carbonyl (C=O) groups is 1. The lowest BCUT2D eigenvalue weighted by molar-refractivity contribution is 0.196. The molecular formula is C11H11ClN4OS. The Kier molecular flexibility index (Phi) is 2.83. The number of likely N-dealkylation sites (N-methyl/N-ethyl adjacent to an activating group) is 1. The molecule has 1 fully saturated rings. The minimum atomic E-state index is 0.0148. The van der Waals surface area contributed by atoms with Crippen molar-refractivity contribution in [1.29, 1.82) is 0 Å². The minimum absolute atomic E-state index is 0.0148. The average molecular weight is 283 g/mol. The fourth-order valence-electron chi connectivity index (χ4n) is 1.95. The summed E-state index contributed by atoms with van der Waals surface area (Å²) in [7, 11) is 1.79. The van der Waals surface area contributed by atoms with Crippen molar-refractivity contribution < 1.29 is 4.79 Å². The Labute approximate surface area is 113 Å². The molecule has 94 valence electrons. The van der Waals surface area contributed by atoms with Crippen LogP contribution in [0, 0.1) is 0 Å². The molecule has 0 bridgehead atoms. The predicted octanol–water partition coefficient (Wildman–Crippen LogP) is 2.21. The molecule has 0 atom stereocenters. The highest BCUT2D eigenvalue weighted by Gasteiger charge is 2.26. The van der Waals surface area contributed by atoms with Gasteiger partial charge in [-0.25, -0.2) is 14.8 Å². The molecule has 1 saturated heterocycles. The molecule has 7 heteroatoms. The Morgan fingerprint density at radius 2 is 2.28 bits per heavy atom. The van der Waals surface area contributed by atoms with Crippen LogP contribution in [0.15, 0.2) is 11.4 Å². The number of rotatable bonds is 2. The van der Waals surface area contributed by atoms with Crippen LogP contribution in [0.1, 0.15) is 5.82 Å². The topological polar surface area (TPSA) is 49.3 Å². The Bertz CT molecular complexity index is 614. The third-order valence-corrected chi connectivity index (χ3v) is 4.05. The van der Waals surface area contributed by atoms with Crippen LogP contribution in [-0.4, -0.2) is 45.9 Å². The van der Waals surface area contributed by atoms with Crippen molar-refractivity contribution in [3.63, 3.8) is 0 Å². The number of nitrogens with zero attached hydrogens (tertiary/aromatic N) is 4. The highest BCUT2D eigenvalue weighted by Crippen LogP contribution is 2.25. The maximum atomic E-state index is 11.8. The quantitative estimate of drug-likeness (QED) is 0.794. The molecular weight excluding hydrogens is 272 g/mol. The largest absolute Gasteiger partial charge is 0.326 e. The van der Waals surface area contributed by atoms with E-state index >= 15 is 0 Å². The van der Waals surface area contributed by atoms with E-state index in [1.807, 2.05) is 11.4 Å². The molecule has 3 heterocycles. The Hall–Kier alpha value is -1.40. The number of thiophene rings is 1. The normalized spacial score (nSPS) is 16.0. The number of hydrogen-bond acceptors (Lipinski definition) is 4. The fraction of sp³-hybridized carbons (Fsp3) is 0.364. The van der Waals surface area contributed by atoms with Crippen LogP contribution < -0.4 is 0 Å². The standard InChI is InChI=1S/C11H11ClN4OS/c1-15-3-4-16(11(15)17)6-8-13-9(12)7-2-5-18-10(7)14-8/h2,5H,3-4,6H2,1H3. The summed E-state index contributed by atoms with van der Waals surface area (Å²) in [5, 5.41) is 3.26. The molecule has 1 aliphatic rings. The highest BCUT2D eigenvalue weighted by atomic mass is 35.5. The van der Waals surface area contributed by atoms with Crippen LogP contribution in [0.3, 0.4) is 0 Å². The van der Waals surface area contributed by atoms with Gasteiger partial charge < -0.3 is 9.80 Å². The van der Waals surface area contributed by atoms with Crippen molar-refractivity contribution in [3.05, 3.63) is 22.4 Å². The molecule has 2 aromatic rings. The predicted molar refractivity (Wildman–Crippen MR) is 70.9 cm³/mol. The van der Waals surface area contributed by atoms with Gasteiger partial charge in [-0.1, -0.05) is 11.6 Å². The van der Waals surface area contributed by atoms with Gasteiger partial charge in [0.2, 0.25) is 0 Å². The van der Waals surface area contributed by atoms with Gasteiger partial charge in [0.05, 0.1) is 6.54 Å². The van der Waals surface area contributed by atoms with Crippen molar-refractivity contribution in [1.82, 2.24) is 19.8 Å². The third kappa shape index (κ3) is 1.91. The molecule has 0 radical (unpaired) electrons. The molecule has 2 aromatic heterocycles. The summed E-state index contributed by atoms with van der Waals surface area (Å²) in [5.74, 6) is 0.596. The van der Waals surface area contributed by atoms with Gasteiger partial charge in [0.25, 0.3) is 0 Å². The van der Waals surface area contributed by atoms with Crippen molar-refractivity contribution in [2.75, 3.05) is 20.1 Å². The van der Waals surface area contributed by atoms with Crippen LogP contribution in [0.4, 0.5) is 4.79 Å². The lowest BCUT2D eigenvalue weighted by Gasteiger charge is -2.14. The van der Waals surface area contributed by atoms with Crippen LogP contribution in [0.25, 0.3) is 10.2 Å². The average Bonchev–Trinajstić information content (AvgIpc) is 2.91. The monoisotopic (exact) mass is 282 g/mol. The number of halogens is 1. The Morgan fingerprint density at radius 3 is 3.00 bits per heavy atom. The maximum Gasteiger partial charge on any atom is 0.320 e. The van der Waals surface area contributed by atoms with Crippen LogP contribution >= 0.6 is 22.9 Å². The van der Waals surface area contributed by atoms with E-state index in [4.69, 9.17) is 11.6 Å². The zero-order valence-corrected chi connectivity index (χ0v) is 11.3. The summed E-state index contributed by atoms with van der Waals surface area (Å²) in [6.07, 6.45) is 0. The smallest absolute Gasteiger partial charge is 0.320 e. The summed E-state index contributed by atoms with van der Waals surface area (Å²) >= 11 is 7.62. The first kappa shape index (κ1) is 11.7. The van der Waals surface area contributed by atoms with Gasteiger partial charge in [-0.3, -0.25) is 0 Å². The molecule has 0 aromatic carbocycles. The first-order chi connectivity index (χ1) is 8.65. The van der Waals surface area contributed by atoms with Gasteiger partial charge in [-0.15, -0.1) is 11.3 Å². The van der Waals surface area contributed by atoms with E-state index in [2.05, 4.69) is 9.97 Å². The van der Waals surface area contributed by atoms with Crippen molar-refractivity contribution in [2.45, 2.75) is 6.54 Å². The van der Waals surface area contributed by atoms with Gasteiger partial charge in [-0.05, 0) is 11.4 Å². The number of aromatic nitrogens is 2. The van der Waals surface area contributed by atoms with E-state index in [1.54, 1.807) is 16.8 Å². The van der Waals surface area contributed by atoms with Gasteiger partial charge in [-0.2, -0.15) is 0 Å². The molecule has 2 amide bonds. The minimum Gasteiger partial charge on any atom is -0.326 e. The number of urea groups is 1. The third-order valence-electron chi connectivity index (χ3n) is 2.96. The first-order valence-corrected chi connectivity index (χ1v) is 6.80. The van der Waals surface area contributed by atoms with Gasteiger partial charge >= 0.3 is 6.03 Å². The number of fused-ring (bicyclic) bond motifs is 1. The van der Waals surface area contributed by atoms with E-state index in [0.29, 0.717) is 24.1 Å². The number of hydrogen-bond donors (Lipinski definition) is 0. The summed E-state index contributed by atoms with van der Waals surface area (Å²) in [6.45, 7) is 1.86. The van der Waals surface area contributed by atoms with Gasteiger partial charge in [0.15, 0.2) is 5.82 Å². The lowest BCUT2D eigenvalue weighted by Crippen LogP contribution is -2.29.